The molecule has 6 nitrogen and oxygen atoms in total. The van der Waals surface area contributed by atoms with Crippen molar-refractivity contribution in [3.05, 3.63) is 45.8 Å². The first-order valence-electron chi connectivity index (χ1n) is 5.53. The SMILES string of the molecule is COC(=O)C(C)(N=[N+]=[N-])C(=O)c1ccc(C(F)(F)F)cc1. The third kappa shape index (κ3) is 3.32. The van der Waals surface area contributed by atoms with Gasteiger partial charge in [-0.3, -0.25) is 9.59 Å². The van der Waals surface area contributed by atoms with Gasteiger partial charge in [0.05, 0.1) is 12.7 Å². The molecule has 0 N–H and O–H groups in total. The van der Waals surface area contributed by atoms with Crippen molar-refractivity contribution in [3.63, 3.8) is 0 Å². The molecule has 0 saturated heterocycles. The Morgan fingerprint density at radius 1 is 1.24 bits per heavy atom. The molecular weight excluding hydrogens is 291 g/mol. The summed E-state index contributed by atoms with van der Waals surface area (Å²) in [6.45, 7) is 1.03. The van der Waals surface area contributed by atoms with E-state index in [1.807, 2.05) is 0 Å². The normalized spacial score (nSPS) is 13.8. The second kappa shape index (κ2) is 5.84. The van der Waals surface area contributed by atoms with Gasteiger partial charge in [-0.15, -0.1) is 0 Å². The molecule has 112 valence electrons. The van der Waals surface area contributed by atoms with Gasteiger partial charge in [-0.1, -0.05) is 17.2 Å². The van der Waals surface area contributed by atoms with E-state index in [0.717, 1.165) is 26.2 Å². The minimum Gasteiger partial charge on any atom is -0.468 e. The van der Waals surface area contributed by atoms with Crippen LogP contribution >= 0.6 is 0 Å². The highest BCUT2D eigenvalue weighted by Gasteiger charge is 2.42. The molecule has 1 atom stereocenters. The van der Waals surface area contributed by atoms with E-state index < -0.39 is 29.0 Å². The zero-order valence-electron chi connectivity index (χ0n) is 11.0. The van der Waals surface area contributed by atoms with Crippen molar-refractivity contribution in [1.82, 2.24) is 0 Å². The average molecular weight is 301 g/mol. The molecule has 0 fully saturated rings. The minimum absolute atomic E-state index is 0.205. The molecule has 0 aromatic heterocycles. The first-order valence-corrected chi connectivity index (χ1v) is 5.53. The van der Waals surface area contributed by atoms with Crippen LogP contribution < -0.4 is 0 Å². The summed E-state index contributed by atoms with van der Waals surface area (Å²) in [5, 5.41) is 3.11. The fourth-order valence-corrected chi connectivity index (χ4v) is 1.56. The number of halogens is 3. The van der Waals surface area contributed by atoms with E-state index in [1.165, 1.54) is 0 Å². The predicted molar refractivity (Wildman–Crippen MR) is 65.3 cm³/mol. The molecule has 0 aliphatic carbocycles. The van der Waals surface area contributed by atoms with Crippen LogP contribution in [0.5, 0.6) is 0 Å². The van der Waals surface area contributed by atoms with Gasteiger partial charge in [0.1, 0.15) is 0 Å². The molecule has 0 saturated carbocycles. The molecule has 0 heterocycles. The topological polar surface area (TPSA) is 92.1 Å². The molecule has 0 radical (unpaired) electrons. The molecule has 1 unspecified atom stereocenters. The third-order valence-electron chi connectivity index (χ3n) is 2.74. The standard InChI is InChI=1S/C12H10F3N3O3/c1-11(17-18-16,10(20)21-2)9(19)7-3-5-8(6-4-7)12(13,14)15/h3-6H,1-2H3. The number of hydrogen-bond acceptors (Lipinski definition) is 4. The van der Waals surface area contributed by atoms with Crippen molar-refractivity contribution in [2.24, 2.45) is 5.11 Å². The van der Waals surface area contributed by atoms with Crippen molar-refractivity contribution in [3.8, 4) is 0 Å². The Kier molecular flexibility index (Phi) is 4.59. The Hall–Kier alpha value is -2.54. The maximum Gasteiger partial charge on any atom is 0.416 e. The monoisotopic (exact) mass is 301 g/mol. The number of nitrogens with zero attached hydrogens (tertiary/aromatic N) is 3. The molecule has 21 heavy (non-hydrogen) atoms. The molecule has 0 aliphatic rings. The quantitative estimate of drug-likeness (QED) is 0.213. The first-order chi connectivity index (χ1) is 9.66. The Balaban J connectivity index is 3.23. The van der Waals surface area contributed by atoms with Gasteiger partial charge in [0.15, 0.2) is 5.78 Å². The summed E-state index contributed by atoms with van der Waals surface area (Å²) < 4.78 is 41.7. The average Bonchev–Trinajstić information content (AvgIpc) is 2.44. The highest BCUT2D eigenvalue weighted by molar-refractivity contribution is 6.16. The maximum atomic E-state index is 12.4. The predicted octanol–water partition coefficient (Wildman–Crippen LogP) is 3.13. The van der Waals surface area contributed by atoms with Crippen molar-refractivity contribution in [1.29, 1.82) is 0 Å². The summed E-state index contributed by atoms with van der Waals surface area (Å²) in [6.07, 6.45) is -4.54. The molecule has 0 spiro atoms. The molecular formula is C12H10F3N3O3. The van der Waals surface area contributed by atoms with E-state index in [1.54, 1.807) is 0 Å². The van der Waals surface area contributed by atoms with Gasteiger partial charge in [0.2, 0.25) is 5.54 Å². The number of carbonyl (C=O) groups excluding carboxylic acids is 2. The van der Waals surface area contributed by atoms with Crippen LogP contribution in [0.1, 0.15) is 22.8 Å². The molecule has 9 heteroatoms. The summed E-state index contributed by atoms with van der Waals surface area (Å²) in [5.41, 5.74) is 5.12. The summed E-state index contributed by atoms with van der Waals surface area (Å²) in [7, 11) is 0.994. The molecule has 0 amide bonds. The molecule has 1 rings (SSSR count). The van der Waals surface area contributed by atoms with Crippen LogP contribution in [0, 0.1) is 0 Å². The third-order valence-corrected chi connectivity index (χ3v) is 2.74. The van der Waals surface area contributed by atoms with Gasteiger partial charge in [0.25, 0.3) is 0 Å². The van der Waals surface area contributed by atoms with Gasteiger partial charge in [-0.05, 0) is 24.6 Å². The number of rotatable bonds is 4. The zero-order chi connectivity index (χ0) is 16.3. The number of alkyl halides is 3. The number of carbonyl (C=O) groups is 2. The Labute approximate surface area is 117 Å². The minimum atomic E-state index is -4.54. The van der Waals surface area contributed by atoms with Crippen LogP contribution in [-0.4, -0.2) is 24.4 Å². The highest BCUT2D eigenvalue weighted by atomic mass is 19.4. The first kappa shape index (κ1) is 16.5. The fraction of sp³-hybridized carbons (Fsp3) is 0.333. The lowest BCUT2D eigenvalue weighted by Gasteiger charge is -2.19. The lowest BCUT2D eigenvalue weighted by Crippen LogP contribution is -2.42. The van der Waals surface area contributed by atoms with E-state index in [-0.39, 0.29) is 5.56 Å². The number of Topliss-reactive ketones (excluding diaryl/α,β-unsaturated/α-hetero) is 1. The number of azide groups is 1. The van der Waals surface area contributed by atoms with Gasteiger partial charge in [-0.2, -0.15) is 13.2 Å². The summed E-state index contributed by atoms with van der Waals surface area (Å²) in [5.74, 6) is -2.06. The summed E-state index contributed by atoms with van der Waals surface area (Å²) in [4.78, 5) is 26.2. The summed E-state index contributed by atoms with van der Waals surface area (Å²) >= 11 is 0. The number of esters is 1. The van der Waals surface area contributed by atoms with Gasteiger partial charge >= 0.3 is 12.1 Å². The Morgan fingerprint density at radius 3 is 2.14 bits per heavy atom. The number of ketones is 1. The van der Waals surface area contributed by atoms with E-state index in [0.29, 0.717) is 12.1 Å². The Bertz CT molecular complexity index is 606. The molecule has 0 aliphatic heterocycles. The molecule has 0 bridgehead atoms. The van der Waals surface area contributed by atoms with Gasteiger partial charge in [-0.25, -0.2) is 0 Å². The zero-order valence-corrected chi connectivity index (χ0v) is 11.0. The number of methoxy groups -OCH3 is 1. The van der Waals surface area contributed by atoms with E-state index in [9.17, 15) is 22.8 Å². The lowest BCUT2D eigenvalue weighted by atomic mass is 9.91. The van der Waals surface area contributed by atoms with Crippen molar-refractivity contribution in [2.75, 3.05) is 7.11 Å². The van der Waals surface area contributed by atoms with Crippen LogP contribution in [0.4, 0.5) is 13.2 Å². The summed E-state index contributed by atoms with van der Waals surface area (Å²) in [6, 6.07) is 3.19. The van der Waals surface area contributed by atoms with Crippen molar-refractivity contribution >= 4 is 11.8 Å². The smallest absolute Gasteiger partial charge is 0.416 e. The van der Waals surface area contributed by atoms with Crippen LogP contribution in [0.3, 0.4) is 0 Å². The van der Waals surface area contributed by atoms with Crippen molar-refractivity contribution in [2.45, 2.75) is 18.6 Å². The Morgan fingerprint density at radius 2 is 1.76 bits per heavy atom. The van der Waals surface area contributed by atoms with E-state index in [4.69, 9.17) is 5.53 Å². The largest absolute Gasteiger partial charge is 0.468 e. The number of hydrogen-bond donors (Lipinski definition) is 0. The van der Waals surface area contributed by atoms with Crippen LogP contribution in [0.2, 0.25) is 0 Å². The molecule has 1 aromatic carbocycles. The molecule has 1 aromatic rings. The van der Waals surface area contributed by atoms with Gasteiger partial charge < -0.3 is 4.74 Å². The van der Waals surface area contributed by atoms with Crippen LogP contribution in [0.15, 0.2) is 29.4 Å². The number of benzene rings is 1. The number of ether oxygens (including phenoxy) is 1. The fourth-order valence-electron chi connectivity index (χ4n) is 1.56. The van der Waals surface area contributed by atoms with Crippen molar-refractivity contribution < 1.29 is 27.5 Å². The van der Waals surface area contributed by atoms with E-state index >= 15 is 0 Å². The van der Waals surface area contributed by atoms with Crippen LogP contribution in [0.25, 0.3) is 10.4 Å². The van der Waals surface area contributed by atoms with Crippen LogP contribution in [-0.2, 0) is 15.7 Å². The highest BCUT2D eigenvalue weighted by Crippen LogP contribution is 2.30. The maximum absolute atomic E-state index is 12.4. The lowest BCUT2D eigenvalue weighted by molar-refractivity contribution is -0.144. The van der Waals surface area contributed by atoms with E-state index in [2.05, 4.69) is 14.8 Å². The second-order valence-electron chi connectivity index (χ2n) is 4.16. The second-order valence-corrected chi connectivity index (χ2v) is 4.16. The van der Waals surface area contributed by atoms with Gasteiger partial charge in [0, 0.05) is 10.5 Å².